The minimum absolute atomic E-state index is 0.00927. The third-order valence-electron chi connectivity index (χ3n) is 2.29. The van der Waals surface area contributed by atoms with Gasteiger partial charge in [-0.1, -0.05) is 0 Å². The first kappa shape index (κ1) is 11.5. The summed E-state index contributed by atoms with van der Waals surface area (Å²) in [5.74, 6) is -1.43. The van der Waals surface area contributed by atoms with Gasteiger partial charge in [0.25, 0.3) is 0 Å². The van der Waals surface area contributed by atoms with E-state index in [-0.39, 0.29) is 18.8 Å². The highest BCUT2D eigenvalue weighted by molar-refractivity contribution is 5.96. The number of hydrogen-bond donors (Lipinski definition) is 0. The molecule has 1 aromatic rings. The van der Waals surface area contributed by atoms with E-state index in [1.165, 1.54) is 7.11 Å². The summed E-state index contributed by atoms with van der Waals surface area (Å²) >= 11 is 0. The summed E-state index contributed by atoms with van der Waals surface area (Å²) in [6.07, 6.45) is -0.594. The number of benzene rings is 1. The maximum Gasteiger partial charge on any atom is 0.433 e. The molecular weight excluding hydrogens is 232 g/mol. The highest BCUT2D eigenvalue weighted by Crippen LogP contribution is 2.28. The molecule has 1 aromatic carbocycles. The predicted octanol–water partition coefficient (Wildman–Crippen LogP) is 2.11. The molecule has 4 nitrogen and oxygen atoms in total. The Bertz CT molecular complexity index is 500. The molecule has 0 aliphatic carbocycles. The Morgan fingerprint density at radius 2 is 2.24 bits per heavy atom. The molecule has 2 rings (SSSR count). The summed E-state index contributed by atoms with van der Waals surface area (Å²) < 4.78 is 35.7. The van der Waals surface area contributed by atoms with Crippen LogP contribution in [0.4, 0.5) is 13.6 Å². The van der Waals surface area contributed by atoms with E-state index in [0.717, 1.165) is 12.1 Å². The van der Waals surface area contributed by atoms with E-state index >= 15 is 0 Å². The molecule has 17 heavy (non-hydrogen) atoms. The Morgan fingerprint density at radius 3 is 2.94 bits per heavy atom. The van der Waals surface area contributed by atoms with E-state index in [2.05, 4.69) is 9.73 Å². The summed E-state index contributed by atoms with van der Waals surface area (Å²) in [7, 11) is 1.20. The average Bonchev–Trinajstić information content (AvgIpc) is 2.28. The molecule has 0 atom stereocenters. The minimum Gasteiger partial charge on any atom is -0.484 e. The Labute approximate surface area is 95.9 Å². The highest BCUT2D eigenvalue weighted by atomic mass is 19.1. The van der Waals surface area contributed by atoms with Gasteiger partial charge in [-0.3, -0.25) is 0 Å². The molecule has 0 unspecified atom stereocenters. The average molecular weight is 241 g/mol. The zero-order valence-corrected chi connectivity index (χ0v) is 9.00. The van der Waals surface area contributed by atoms with Crippen molar-refractivity contribution in [2.24, 2.45) is 4.99 Å². The SMILES string of the molecule is COC(=O)N=C1COc2c(F)cc(F)cc2C1. The van der Waals surface area contributed by atoms with E-state index in [1.807, 2.05) is 0 Å². The van der Waals surface area contributed by atoms with Crippen LogP contribution in [-0.2, 0) is 11.2 Å². The van der Waals surface area contributed by atoms with E-state index in [9.17, 15) is 13.6 Å². The van der Waals surface area contributed by atoms with Crippen molar-refractivity contribution >= 4 is 11.8 Å². The molecule has 1 heterocycles. The number of hydrogen-bond acceptors (Lipinski definition) is 3. The van der Waals surface area contributed by atoms with Crippen molar-refractivity contribution in [1.29, 1.82) is 0 Å². The van der Waals surface area contributed by atoms with Gasteiger partial charge >= 0.3 is 6.09 Å². The molecule has 0 fully saturated rings. The lowest BCUT2D eigenvalue weighted by atomic mass is 10.0. The normalized spacial score (nSPS) is 16.3. The van der Waals surface area contributed by atoms with Gasteiger partial charge in [-0.05, 0) is 6.07 Å². The second-order valence-electron chi connectivity index (χ2n) is 3.49. The van der Waals surface area contributed by atoms with Gasteiger partial charge in [0.1, 0.15) is 12.4 Å². The molecule has 6 heteroatoms. The van der Waals surface area contributed by atoms with Crippen LogP contribution in [0.5, 0.6) is 5.75 Å². The Balaban J connectivity index is 2.30. The Morgan fingerprint density at radius 1 is 1.47 bits per heavy atom. The standard InChI is InChI=1S/C11H9F2NO3/c1-16-11(15)14-8-3-6-2-7(12)4-9(13)10(6)17-5-8/h2,4H,3,5H2,1H3. The first-order valence-electron chi connectivity index (χ1n) is 4.85. The van der Waals surface area contributed by atoms with Crippen LogP contribution in [0.2, 0.25) is 0 Å². The maximum absolute atomic E-state index is 13.3. The van der Waals surface area contributed by atoms with Gasteiger partial charge in [-0.15, -0.1) is 0 Å². The molecule has 0 aromatic heterocycles. The van der Waals surface area contributed by atoms with Gasteiger partial charge in [0.2, 0.25) is 0 Å². The molecule has 90 valence electrons. The number of carbonyl (C=O) groups excluding carboxylic acids is 1. The van der Waals surface area contributed by atoms with Crippen LogP contribution in [0.1, 0.15) is 5.56 Å². The summed E-state index contributed by atoms with van der Waals surface area (Å²) in [4.78, 5) is 14.5. The van der Waals surface area contributed by atoms with E-state index in [0.29, 0.717) is 11.3 Å². The summed E-state index contributed by atoms with van der Waals surface area (Å²) in [5.41, 5.74) is 0.700. The lowest BCUT2D eigenvalue weighted by Crippen LogP contribution is -2.23. The number of amides is 1. The van der Waals surface area contributed by atoms with Crippen molar-refractivity contribution in [2.75, 3.05) is 13.7 Å². The number of ether oxygens (including phenoxy) is 2. The van der Waals surface area contributed by atoms with Crippen LogP contribution in [-0.4, -0.2) is 25.5 Å². The van der Waals surface area contributed by atoms with Crippen molar-refractivity contribution in [2.45, 2.75) is 6.42 Å². The molecule has 1 aliphatic heterocycles. The van der Waals surface area contributed by atoms with Crippen molar-refractivity contribution in [3.8, 4) is 5.75 Å². The number of methoxy groups -OCH3 is 1. The number of nitrogens with zero attached hydrogens (tertiary/aromatic N) is 1. The third kappa shape index (κ3) is 2.41. The fourth-order valence-electron chi connectivity index (χ4n) is 1.58. The van der Waals surface area contributed by atoms with Crippen LogP contribution in [0.15, 0.2) is 17.1 Å². The summed E-state index contributed by atoms with van der Waals surface area (Å²) in [6.45, 7) is -0.00927. The second-order valence-corrected chi connectivity index (χ2v) is 3.49. The topological polar surface area (TPSA) is 47.9 Å². The lowest BCUT2D eigenvalue weighted by Gasteiger charge is -2.19. The first-order chi connectivity index (χ1) is 8.10. The monoisotopic (exact) mass is 241 g/mol. The van der Waals surface area contributed by atoms with E-state index < -0.39 is 17.7 Å². The quantitative estimate of drug-likeness (QED) is 0.698. The number of halogens is 2. The molecule has 0 saturated carbocycles. The van der Waals surface area contributed by atoms with Crippen molar-refractivity contribution in [1.82, 2.24) is 0 Å². The molecule has 1 amide bonds. The van der Waals surface area contributed by atoms with Crippen LogP contribution >= 0.6 is 0 Å². The van der Waals surface area contributed by atoms with Gasteiger partial charge in [0.15, 0.2) is 11.6 Å². The molecule has 0 spiro atoms. The van der Waals surface area contributed by atoms with Crippen molar-refractivity contribution < 1.29 is 23.0 Å². The first-order valence-corrected chi connectivity index (χ1v) is 4.85. The van der Waals surface area contributed by atoms with Crippen molar-refractivity contribution in [3.63, 3.8) is 0 Å². The molecule has 0 bridgehead atoms. The van der Waals surface area contributed by atoms with Crippen LogP contribution in [0.25, 0.3) is 0 Å². The Hall–Kier alpha value is -1.98. The third-order valence-corrected chi connectivity index (χ3v) is 2.29. The zero-order chi connectivity index (χ0) is 12.4. The number of carbonyl (C=O) groups is 1. The molecule has 0 radical (unpaired) electrons. The maximum atomic E-state index is 13.3. The van der Waals surface area contributed by atoms with Gasteiger partial charge in [0, 0.05) is 18.1 Å². The van der Waals surface area contributed by atoms with Gasteiger partial charge < -0.3 is 9.47 Å². The highest BCUT2D eigenvalue weighted by Gasteiger charge is 2.21. The fourth-order valence-corrected chi connectivity index (χ4v) is 1.58. The Kier molecular flexibility index (Phi) is 3.03. The smallest absolute Gasteiger partial charge is 0.433 e. The molecular formula is C11H9F2NO3. The summed E-state index contributed by atoms with van der Waals surface area (Å²) in [5, 5.41) is 0. The fraction of sp³-hybridized carbons (Fsp3) is 0.273. The predicted molar refractivity (Wildman–Crippen MR) is 55.4 cm³/mol. The molecule has 0 N–H and O–H groups in total. The second kappa shape index (κ2) is 4.48. The van der Waals surface area contributed by atoms with Gasteiger partial charge in [-0.25, -0.2) is 13.6 Å². The largest absolute Gasteiger partial charge is 0.484 e. The molecule has 0 saturated heterocycles. The van der Waals surface area contributed by atoms with Crippen LogP contribution < -0.4 is 4.74 Å². The van der Waals surface area contributed by atoms with Crippen LogP contribution in [0, 0.1) is 11.6 Å². The van der Waals surface area contributed by atoms with E-state index in [4.69, 9.17) is 4.74 Å². The summed E-state index contributed by atoms with van der Waals surface area (Å²) in [6, 6.07) is 1.91. The van der Waals surface area contributed by atoms with Gasteiger partial charge in [0.05, 0.1) is 12.8 Å². The molecule has 1 aliphatic rings. The van der Waals surface area contributed by atoms with Crippen molar-refractivity contribution in [3.05, 3.63) is 29.3 Å². The van der Waals surface area contributed by atoms with E-state index in [1.54, 1.807) is 0 Å². The number of aliphatic imine (C=N–C) groups is 1. The van der Waals surface area contributed by atoms with Crippen LogP contribution in [0.3, 0.4) is 0 Å². The number of fused-ring (bicyclic) bond motifs is 1. The zero-order valence-electron chi connectivity index (χ0n) is 9.00. The minimum atomic E-state index is -0.760. The van der Waals surface area contributed by atoms with Gasteiger partial charge in [-0.2, -0.15) is 4.99 Å². The lowest BCUT2D eigenvalue weighted by molar-refractivity contribution is 0.182. The number of rotatable bonds is 0.